The SMILES string of the molecule is C[C@H]1OC[C@H](COCc2ccccc2)O1. The highest BCUT2D eigenvalue weighted by Crippen LogP contribution is 2.11. The van der Waals surface area contributed by atoms with Gasteiger partial charge in [0.1, 0.15) is 6.10 Å². The predicted molar refractivity (Wildman–Crippen MR) is 56.4 cm³/mol. The lowest BCUT2D eigenvalue weighted by Gasteiger charge is -2.09. The van der Waals surface area contributed by atoms with Crippen molar-refractivity contribution in [3.63, 3.8) is 0 Å². The topological polar surface area (TPSA) is 27.7 Å². The Morgan fingerprint density at radius 2 is 2.13 bits per heavy atom. The molecule has 0 aromatic heterocycles. The van der Waals surface area contributed by atoms with Gasteiger partial charge in [-0.25, -0.2) is 0 Å². The molecule has 1 aromatic rings. The van der Waals surface area contributed by atoms with Crippen LogP contribution in [0, 0.1) is 0 Å². The van der Waals surface area contributed by atoms with E-state index >= 15 is 0 Å². The van der Waals surface area contributed by atoms with Gasteiger partial charge in [-0.1, -0.05) is 30.3 Å². The van der Waals surface area contributed by atoms with E-state index in [1.807, 2.05) is 25.1 Å². The summed E-state index contributed by atoms with van der Waals surface area (Å²) in [6.45, 7) is 3.77. The molecule has 1 heterocycles. The van der Waals surface area contributed by atoms with Crippen molar-refractivity contribution in [2.24, 2.45) is 0 Å². The van der Waals surface area contributed by atoms with Crippen molar-refractivity contribution in [1.29, 1.82) is 0 Å². The second kappa shape index (κ2) is 5.26. The molecule has 0 unspecified atom stereocenters. The van der Waals surface area contributed by atoms with Crippen LogP contribution in [-0.2, 0) is 20.8 Å². The van der Waals surface area contributed by atoms with Gasteiger partial charge in [-0.2, -0.15) is 0 Å². The minimum absolute atomic E-state index is 0.0868. The van der Waals surface area contributed by atoms with Crippen molar-refractivity contribution in [3.05, 3.63) is 35.9 Å². The summed E-state index contributed by atoms with van der Waals surface area (Å²) in [6.07, 6.45) is -0.000891. The Bertz CT molecular complexity index is 286. The fourth-order valence-electron chi connectivity index (χ4n) is 1.56. The Hall–Kier alpha value is -0.900. The molecule has 1 aliphatic heterocycles. The molecule has 1 saturated heterocycles. The maximum Gasteiger partial charge on any atom is 0.155 e. The number of ether oxygens (including phenoxy) is 3. The Labute approximate surface area is 90.0 Å². The maximum atomic E-state index is 5.55. The molecule has 82 valence electrons. The number of benzene rings is 1. The van der Waals surface area contributed by atoms with Crippen LogP contribution >= 0.6 is 0 Å². The van der Waals surface area contributed by atoms with E-state index in [9.17, 15) is 0 Å². The third-order valence-corrected chi connectivity index (χ3v) is 2.32. The first kappa shape index (κ1) is 10.6. The van der Waals surface area contributed by atoms with Gasteiger partial charge in [0.05, 0.1) is 19.8 Å². The van der Waals surface area contributed by atoms with Crippen LogP contribution in [0.4, 0.5) is 0 Å². The van der Waals surface area contributed by atoms with E-state index in [2.05, 4.69) is 12.1 Å². The number of hydrogen-bond donors (Lipinski definition) is 0. The molecule has 1 aliphatic rings. The smallest absolute Gasteiger partial charge is 0.155 e. The van der Waals surface area contributed by atoms with Crippen molar-refractivity contribution in [2.75, 3.05) is 13.2 Å². The second-order valence-electron chi connectivity index (χ2n) is 3.66. The lowest BCUT2D eigenvalue weighted by Crippen LogP contribution is -2.18. The van der Waals surface area contributed by atoms with E-state index in [0.717, 1.165) is 0 Å². The summed E-state index contributed by atoms with van der Waals surface area (Å²) in [4.78, 5) is 0. The van der Waals surface area contributed by atoms with E-state index in [1.165, 1.54) is 5.56 Å². The molecule has 0 N–H and O–H groups in total. The molecule has 0 aliphatic carbocycles. The van der Waals surface area contributed by atoms with Gasteiger partial charge in [0.25, 0.3) is 0 Å². The van der Waals surface area contributed by atoms with E-state index in [0.29, 0.717) is 19.8 Å². The van der Waals surface area contributed by atoms with Gasteiger partial charge in [-0.3, -0.25) is 0 Å². The van der Waals surface area contributed by atoms with E-state index in [4.69, 9.17) is 14.2 Å². The number of rotatable bonds is 4. The molecule has 2 rings (SSSR count). The van der Waals surface area contributed by atoms with Gasteiger partial charge in [0.15, 0.2) is 6.29 Å². The first-order chi connectivity index (χ1) is 7.34. The fraction of sp³-hybridized carbons (Fsp3) is 0.500. The first-order valence-electron chi connectivity index (χ1n) is 5.23. The van der Waals surface area contributed by atoms with Gasteiger partial charge in [-0.05, 0) is 12.5 Å². The molecule has 3 heteroatoms. The highest BCUT2D eigenvalue weighted by Gasteiger charge is 2.22. The summed E-state index contributed by atoms with van der Waals surface area (Å²) in [7, 11) is 0. The monoisotopic (exact) mass is 208 g/mol. The van der Waals surface area contributed by atoms with Crippen LogP contribution < -0.4 is 0 Å². The molecule has 0 bridgehead atoms. The fourth-order valence-corrected chi connectivity index (χ4v) is 1.56. The molecule has 0 radical (unpaired) electrons. The zero-order valence-corrected chi connectivity index (χ0v) is 8.89. The standard InChI is InChI=1S/C12H16O3/c1-10-14-9-12(15-10)8-13-7-11-5-3-2-4-6-11/h2-6,10,12H,7-9H2,1H3/t10-,12-/m0/s1. The Morgan fingerprint density at radius 1 is 1.33 bits per heavy atom. The molecule has 2 atom stereocenters. The molecular formula is C12H16O3. The van der Waals surface area contributed by atoms with E-state index in [-0.39, 0.29) is 12.4 Å². The highest BCUT2D eigenvalue weighted by atomic mass is 16.7. The Balaban J connectivity index is 1.67. The van der Waals surface area contributed by atoms with Crippen molar-refractivity contribution in [3.8, 4) is 0 Å². The summed E-state index contributed by atoms with van der Waals surface area (Å²) in [6, 6.07) is 10.1. The average Bonchev–Trinajstić information content (AvgIpc) is 2.66. The normalized spacial score (nSPS) is 25.7. The molecule has 0 amide bonds. The minimum Gasteiger partial charge on any atom is -0.374 e. The third kappa shape index (κ3) is 3.30. The molecule has 15 heavy (non-hydrogen) atoms. The summed E-state index contributed by atoms with van der Waals surface area (Å²) >= 11 is 0. The van der Waals surface area contributed by atoms with Crippen molar-refractivity contribution in [2.45, 2.75) is 25.9 Å². The largest absolute Gasteiger partial charge is 0.374 e. The van der Waals surface area contributed by atoms with Gasteiger partial charge in [0.2, 0.25) is 0 Å². The van der Waals surface area contributed by atoms with Crippen LogP contribution in [0.25, 0.3) is 0 Å². The summed E-state index contributed by atoms with van der Waals surface area (Å²) < 4.78 is 16.3. The molecule has 0 spiro atoms. The van der Waals surface area contributed by atoms with Crippen molar-refractivity contribution < 1.29 is 14.2 Å². The molecule has 1 aromatic carbocycles. The molecular weight excluding hydrogens is 192 g/mol. The summed E-state index contributed by atoms with van der Waals surface area (Å²) in [5.74, 6) is 0. The second-order valence-corrected chi connectivity index (χ2v) is 3.66. The van der Waals surface area contributed by atoms with Gasteiger partial charge < -0.3 is 14.2 Å². The third-order valence-electron chi connectivity index (χ3n) is 2.32. The first-order valence-corrected chi connectivity index (χ1v) is 5.23. The van der Waals surface area contributed by atoms with Gasteiger partial charge >= 0.3 is 0 Å². The van der Waals surface area contributed by atoms with Crippen LogP contribution in [0.5, 0.6) is 0 Å². The van der Waals surface area contributed by atoms with E-state index < -0.39 is 0 Å². The van der Waals surface area contributed by atoms with Crippen molar-refractivity contribution in [1.82, 2.24) is 0 Å². The maximum absolute atomic E-state index is 5.55. The van der Waals surface area contributed by atoms with Crippen LogP contribution in [-0.4, -0.2) is 25.6 Å². The Morgan fingerprint density at radius 3 is 2.80 bits per heavy atom. The minimum atomic E-state index is -0.0877. The van der Waals surface area contributed by atoms with Crippen LogP contribution in [0.2, 0.25) is 0 Å². The highest BCUT2D eigenvalue weighted by molar-refractivity contribution is 5.13. The predicted octanol–water partition coefficient (Wildman–Crippen LogP) is 1.96. The van der Waals surface area contributed by atoms with E-state index in [1.54, 1.807) is 0 Å². The molecule has 1 fully saturated rings. The zero-order chi connectivity index (χ0) is 10.5. The van der Waals surface area contributed by atoms with Crippen LogP contribution in [0.1, 0.15) is 12.5 Å². The quantitative estimate of drug-likeness (QED) is 0.757. The lowest BCUT2D eigenvalue weighted by atomic mass is 10.2. The summed E-state index contributed by atoms with van der Waals surface area (Å²) in [5.41, 5.74) is 1.18. The van der Waals surface area contributed by atoms with Gasteiger partial charge in [-0.15, -0.1) is 0 Å². The molecule has 0 saturated carbocycles. The number of hydrogen-bond acceptors (Lipinski definition) is 3. The van der Waals surface area contributed by atoms with Crippen molar-refractivity contribution >= 4 is 0 Å². The lowest BCUT2D eigenvalue weighted by molar-refractivity contribution is -0.0598. The van der Waals surface area contributed by atoms with Crippen LogP contribution in [0.3, 0.4) is 0 Å². The average molecular weight is 208 g/mol. The molecule has 3 nitrogen and oxygen atoms in total. The van der Waals surface area contributed by atoms with Crippen LogP contribution in [0.15, 0.2) is 30.3 Å². The zero-order valence-electron chi connectivity index (χ0n) is 8.89. The van der Waals surface area contributed by atoms with Gasteiger partial charge in [0, 0.05) is 0 Å². The summed E-state index contributed by atoms with van der Waals surface area (Å²) in [5, 5.41) is 0. The Kier molecular flexibility index (Phi) is 3.72.